The molecule has 0 aromatic carbocycles. The smallest absolute Gasteiger partial charge is 0.302 e. The van der Waals surface area contributed by atoms with Crippen molar-refractivity contribution in [1.29, 1.82) is 0 Å². The number of fused-ring (bicyclic) bond motifs is 2. The number of carbonyl (C=O) groups is 1. The second kappa shape index (κ2) is 5.87. The van der Waals surface area contributed by atoms with Crippen LogP contribution in [0.15, 0.2) is 12.7 Å². The molecule has 8 nitrogen and oxygen atoms in total. The highest BCUT2D eigenvalue weighted by Gasteiger charge is 2.62. The molecule has 2 unspecified atom stereocenters. The van der Waals surface area contributed by atoms with Crippen molar-refractivity contribution in [2.45, 2.75) is 57.6 Å². The SMILES string of the molecule is CC(=O)OC[C@H]1C[C@@H](n2cnc3c(Cl)ncnc32)C2OC(C)(C)OC21C. The first kappa shape index (κ1) is 17.6. The molecule has 0 radical (unpaired) electrons. The molecule has 2 aromatic heterocycles. The third-order valence-electron chi connectivity index (χ3n) is 5.29. The van der Waals surface area contributed by atoms with E-state index in [9.17, 15) is 4.79 Å². The minimum atomic E-state index is -0.727. The Hall–Kier alpha value is -1.77. The molecule has 0 spiro atoms. The third kappa shape index (κ3) is 2.67. The number of nitrogens with zero attached hydrogens (tertiary/aromatic N) is 4. The average Bonchev–Trinajstić information content (AvgIpc) is 3.14. The number of rotatable bonds is 3. The standard InChI is InChI=1S/C17H21ClN4O4/c1-9(23)24-6-10-5-11(13-17(10,4)26-16(2,3)25-13)22-8-21-12-14(18)19-7-20-15(12)22/h7-8,10-11,13H,5-6H2,1-4H3/t10-,11-,13?,17?/m1/s1. The van der Waals surface area contributed by atoms with Crippen LogP contribution in [0.4, 0.5) is 0 Å². The first-order valence-corrected chi connectivity index (χ1v) is 8.93. The summed E-state index contributed by atoms with van der Waals surface area (Å²) in [5, 5.41) is 0.315. The lowest BCUT2D eigenvalue weighted by atomic mass is 9.92. The summed E-state index contributed by atoms with van der Waals surface area (Å²) in [6.45, 7) is 7.48. The molecule has 0 amide bonds. The number of ether oxygens (including phenoxy) is 3. The maximum atomic E-state index is 11.3. The van der Waals surface area contributed by atoms with Gasteiger partial charge in [0.2, 0.25) is 0 Å². The summed E-state index contributed by atoms with van der Waals surface area (Å²) in [6.07, 6.45) is 3.60. The molecule has 2 aromatic rings. The number of hydrogen-bond donors (Lipinski definition) is 0. The molecule has 1 aliphatic heterocycles. The van der Waals surface area contributed by atoms with E-state index in [1.807, 2.05) is 25.3 Å². The molecule has 1 saturated carbocycles. The summed E-state index contributed by atoms with van der Waals surface area (Å²) >= 11 is 6.13. The van der Waals surface area contributed by atoms with Crippen LogP contribution in [0, 0.1) is 5.92 Å². The Morgan fingerprint density at radius 1 is 1.38 bits per heavy atom. The monoisotopic (exact) mass is 380 g/mol. The van der Waals surface area contributed by atoms with Crippen molar-refractivity contribution in [1.82, 2.24) is 19.5 Å². The van der Waals surface area contributed by atoms with Crippen LogP contribution in [0.3, 0.4) is 0 Å². The van der Waals surface area contributed by atoms with E-state index in [0.29, 0.717) is 22.7 Å². The molecular weight excluding hydrogens is 360 g/mol. The summed E-state index contributed by atoms with van der Waals surface area (Å²) < 4.78 is 19.8. The Morgan fingerprint density at radius 2 is 2.15 bits per heavy atom. The van der Waals surface area contributed by atoms with Gasteiger partial charge < -0.3 is 18.8 Å². The van der Waals surface area contributed by atoms with Gasteiger partial charge in [-0.3, -0.25) is 4.79 Å². The van der Waals surface area contributed by atoms with Crippen molar-refractivity contribution in [3.05, 3.63) is 17.8 Å². The molecule has 4 atom stereocenters. The van der Waals surface area contributed by atoms with E-state index in [0.717, 1.165) is 0 Å². The predicted octanol–water partition coefficient (Wildman–Crippen LogP) is 2.51. The maximum Gasteiger partial charge on any atom is 0.302 e. The van der Waals surface area contributed by atoms with Gasteiger partial charge in [0.15, 0.2) is 16.6 Å². The van der Waals surface area contributed by atoms with Crippen LogP contribution < -0.4 is 0 Å². The molecule has 9 heteroatoms. The minimum absolute atomic E-state index is 0.0158. The highest BCUT2D eigenvalue weighted by molar-refractivity contribution is 6.33. The average molecular weight is 381 g/mol. The Morgan fingerprint density at radius 3 is 2.88 bits per heavy atom. The van der Waals surface area contributed by atoms with Crippen LogP contribution in [0.1, 0.15) is 40.2 Å². The fourth-order valence-corrected chi connectivity index (χ4v) is 4.41. The second-order valence-electron chi connectivity index (χ2n) is 7.52. The van der Waals surface area contributed by atoms with Gasteiger partial charge in [-0.15, -0.1) is 0 Å². The summed E-state index contributed by atoms with van der Waals surface area (Å²) in [4.78, 5) is 24.0. The van der Waals surface area contributed by atoms with Gasteiger partial charge in [-0.05, 0) is 27.2 Å². The zero-order chi connectivity index (χ0) is 18.7. The zero-order valence-corrected chi connectivity index (χ0v) is 15.9. The molecule has 0 bridgehead atoms. The van der Waals surface area contributed by atoms with Gasteiger partial charge in [0.25, 0.3) is 0 Å². The lowest BCUT2D eigenvalue weighted by Crippen LogP contribution is -2.42. The molecule has 2 aliphatic rings. The highest BCUT2D eigenvalue weighted by Crippen LogP contribution is 2.54. The molecule has 2 fully saturated rings. The van der Waals surface area contributed by atoms with Gasteiger partial charge in [-0.25, -0.2) is 15.0 Å². The number of esters is 1. The molecule has 1 saturated heterocycles. The first-order valence-electron chi connectivity index (χ1n) is 8.55. The zero-order valence-electron chi connectivity index (χ0n) is 15.1. The van der Waals surface area contributed by atoms with Gasteiger partial charge in [-0.1, -0.05) is 11.6 Å². The Balaban J connectivity index is 1.74. The molecular formula is C17H21ClN4O4. The highest BCUT2D eigenvalue weighted by atomic mass is 35.5. The normalized spacial score (nSPS) is 32.7. The van der Waals surface area contributed by atoms with E-state index >= 15 is 0 Å². The molecule has 4 rings (SSSR count). The Labute approximate surface area is 155 Å². The summed E-state index contributed by atoms with van der Waals surface area (Å²) in [6, 6.07) is -0.0710. The van der Waals surface area contributed by atoms with Crippen LogP contribution in [0.25, 0.3) is 11.2 Å². The second-order valence-corrected chi connectivity index (χ2v) is 7.87. The minimum Gasteiger partial charge on any atom is -0.465 e. The van der Waals surface area contributed by atoms with Gasteiger partial charge >= 0.3 is 5.97 Å². The molecule has 26 heavy (non-hydrogen) atoms. The van der Waals surface area contributed by atoms with Crippen molar-refractivity contribution in [2.75, 3.05) is 6.61 Å². The van der Waals surface area contributed by atoms with E-state index in [-0.39, 0.29) is 30.6 Å². The van der Waals surface area contributed by atoms with E-state index in [1.165, 1.54) is 13.3 Å². The fraction of sp³-hybridized carbons (Fsp3) is 0.647. The van der Waals surface area contributed by atoms with Crippen molar-refractivity contribution in [3.63, 3.8) is 0 Å². The summed E-state index contributed by atoms with van der Waals surface area (Å²) in [5.41, 5.74) is 0.619. The van der Waals surface area contributed by atoms with E-state index in [4.69, 9.17) is 25.8 Å². The quantitative estimate of drug-likeness (QED) is 0.597. The van der Waals surface area contributed by atoms with Crippen LogP contribution in [-0.2, 0) is 19.0 Å². The summed E-state index contributed by atoms with van der Waals surface area (Å²) in [5.74, 6) is -1.05. The van der Waals surface area contributed by atoms with E-state index < -0.39 is 11.4 Å². The Bertz CT molecular complexity index is 870. The van der Waals surface area contributed by atoms with E-state index in [2.05, 4.69) is 15.0 Å². The lowest BCUT2D eigenvalue weighted by Gasteiger charge is -2.30. The molecule has 3 heterocycles. The van der Waals surface area contributed by atoms with Gasteiger partial charge in [0.05, 0.1) is 19.0 Å². The summed E-state index contributed by atoms with van der Waals surface area (Å²) in [7, 11) is 0. The number of imidazole rings is 1. The Kier molecular flexibility index (Phi) is 3.98. The maximum absolute atomic E-state index is 11.3. The van der Waals surface area contributed by atoms with Crippen LogP contribution in [0.5, 0.6) is 0 Å². The van der Waals surface area contributed by atoms with Crippen molar-refractivity contribution < 1.29 is 19.0 Å². The largest absolute Gasteiger partial charge is 0.465 e. The van der Waals surface area contributed by atoms with Crippen molar-refractivity contribution in [3.8, 4) is 0 Å². The van der Waals surface area contributed by atoms with Gasteiger partial charge in [0.1, 0.15) is 23.5 Å². The number of hydrogen-bond acceptors (Lipinski definition) is 7. The number of carbonyl (C=O) groups excluding carboxylic acids is 1. The van der Waals surface area contributed by atoms with Gasteiger partial charge in [-0.2, -0.15) is 0 Å². The molecule has 140 valence electrons. The van der Waals surface area contributed by atoms with Crippen LogP contribution >= 0.6 is 11.6 Å². The van der Waals surface area contributed by atoms with Gasteiger partial charge in [0, 0.05) is 12.8 Å². The van der Waals surface area contributed by atoms with E-state index in [1.54, 1.807) is 6.33 Å². The first-order chi connectivity index (χ1) is 12.2. The third-order valence-corrected chi connectivity index (χ3v) is 5.56. The van der Waals surface area contributed by atoms with Crippen LogP contribution in [0.2, 0.25) is 5.15 Å². The molecule has 0 N–H and O–H groups in total. The van der Waals surface area contributed by atoms with Crippen molar-refractivity contribution >= 4 is 28.7 Å². The van der Waals surface area contributed by atoms with Crippen molar-refractivity contribution in [2.24, 2.45) is 5.92 Å². The predicted molar refractivity (Wildman–Crippen MR) is 92.6 cm³/mol. The lowest BCUT2D eigenvalue weighted by molar-refractivity contribution is -0.181. The number of aromatic nitrogens is 4. The molecule has 1 aliphatic carbocycles. The topological polar surface area (TPSA) is 88.4 Å². The van der Waals surface area contributed by atoms with Crippen LogP contribution in [-0.4, -0.2) is 49.6 Å². The fourth-order valence-electron chi connectivity index (χ4n) is 4.24. The number of halogens is 1.